The number of carbonyl (C=O) groups is 1. The number of aromatic nitrogens is 2. The Hall–Kier alpha value is -1.36. The van der Waals surface area contributed by atoms with Crippen LogP contribution in [-0.4, -0.2) is 39.1 Å². The molecule has 16 heavy (non-hydrogen) atoms. The normalized spacial score (nSPS) is 15.6. The molecule has 2 rings (SSSR count). The highest BCUT2D eigenvalue weighted by Crippen LogP contribution is 2.35. The number of aliphatic carboxylic acids is 1. The van der Waals surface area contributed by atoms with Gasteiger partial charge in [0, 0.05) is 25.3 Å². The van der Waals surface area contributed by atoms with E-state index in [4.69, 9.17) is 5.11 Å². The van der Waals surface area contributed by atoms with E-state index in [0.29, 0.717) is 12.6 Å². The molecule has 1 aliphatic carbocycles. The van der Waals surface area contributed by atoms with Gasteiger partial charge in [0.05, 0.1) is 18.4 Å². The van der Waals surface area contributed by atoms with Gasteiger partial charge in [-0.2, -0.15) is 0 Å². The average molecular weight is 223 g/mol. The van der Waals surface area contributed by atoms with Crippen LogP contribution in [0, 0.1) is 0 Å². The molecule has 0 unspecified atom stereocenters. The first-order valence-electron chi connectivity index (χ1n) is 5.58. The van der Waals surface area contributed by atoms with Gasteiger partial charge in [0.15, 0.2) is 0 Å². The Kier molecular flexibility index (Phi) is 3.24. The van der Waals surface area contributed by atoms with Gasteiger partial charge in [-0.1, -0.05) is 0 Å². The summed E-state index contributed by atoms with van der Waals surface area (Å²) in [6.07, 6.45) is 6.41. The van der Waals surface area contributed by atoms with E-state index in [-0.39, 0.29) is 6.42 Å². The standard InChI is InChI=1S/C11H17N3O2/c1-13(5-4-11(15)16)7-10-6-12-8-14(10)9-2-3-9/h6,8-9H,2-5,7H2,1H3,(H,15,16). The molecule has 0 radical (unpaired) electrons. The molecule has 0 bridgehead atoms. The fraction of sp³-hybridized carbons (Fsp3) is 0.636. The van der Waals surface area contributed by atoms with E-state index in [0.717, 1.165) is 6.54 Å². The first-order chi connectivity index (χ1) is 7.66. The molecule has 5 heteroatoms. The maximum atomic E-state index is 10.4. The molecule has 0 aliphatic heterocycles. The highest BCUT2D eigenvalue weighted by Gasteiger charge is 2.25. The lowest BCUT2D eigenvalue weighted by atomic mass is 10.3. The third-order valence-corrected chi connectivity index (χ3v) is 2.83. The fourth-order valence-corrected chi connectivity index (χ4v) is 1.78. The van der Waals surface area contributed by atoms with Gasteiger partial charge < -0.3 is 9.67 Å². The molecule has 1 fully saturated rings. The first-order valence-corrected chi connectivity index (χ1v) is 5.58. The minimum Gasteiger partial charge on any atom is -0.481 e. The van der Waals surface area contributed by atoms with Crippen molar-refractivity contribution in [3.63, 3.8) is 0 Å². The van der Waals surface area contributed by atoms with Crippen molar-refractivity contribution in [2.45, 2.75) is 31.8 Å². The molecule has 1 N–H and O–H groups in total. The summed E-state index contributed by atoms with van der Waals surface area (Å²) in [5.74, 6) is -0.748. The monoisotopic (exact) mass is 223 g/mol. The van der Waals surface area contributed by atoms with Crippen LogP contribution in [-0.2, 0) is 11.3 Å². The van der Waals surface area contributed by atoms with E-state index in [2.05, 4.69) is 9.55 Å². The van der Waals surface area contributed by atoms with Crippen LogP contribution >= 0.6 is 0 Å². The Morgan fingerprint density at radius 1 is 1.69 bits per heavy atom. The summed E-state index contributed by atoms with van der Waals surface area (Å²) >= 11 is 0. The smallest absolute Gasteiger partial charge is 0.304 e. The minimum absolute atomic E-state index is 0.189. The Morgan fingerprint density at radius 3 is 3.06 bits per heavy atom. The molecule has 0 saturated heterocycles. The van der Waals surface area contributed by atoms with Gasteiger partial charge in [-0.25, -0.2) is 4.98 Å². The lowest BCUT2D eigenvalue weighted by molar-refractivity contribution is -0.137. The Bertz CT molecular complexity index is 371. The molecule has 0 spiro atoms. The van der Waals surface area contributed by atoms with Gasteiger partial charge in [0.2, 0.25) is 0 Å². The molecule has 1 heterocycles. The van der Waals surface area contributed by atoms with Crippen molar-refractivity contribution in [2.75, 3.05) is 13.6 Å². The molecule has 0 amide bonds. The maximum absolute atomic E-state index is 10.4. The zero-order chi connectivity index (χ0) is 11.5. The topological polar surface area (TPSA) is 58.4 Å². The molecule has 0 atom stereocenters. The second kappa shape index (κ2) is 4.65. The Morgan fingerprint density at radius 2 is 2.44 bits per heavy atom. The van der Waals surface area contributed by atoms with Gasteiger partial charge in [-0.3, -0.25) is 9.69 Å². The zero-order valence-electron chi connectivity index (χ0n) is 9.46. The predicted octanol–water partition coefficient (Wildman–Crippen LogP) is 1.12. The van der Waals surface area contributed by atoms with Gasteiger partial charge >= 0.3 is 5.97 Å². The number of imidazole rings is 1. The summed E-state index contributed by atoms with van der Waals surface area (Å²) in [6, 6.07) is 0.630. The van der Waals surface area contributed by atoms with Gasteiger partial charge in [0.25, 0.3) is 0 Å². The highest BCUT2D eigenvalue weighted by molar-refractivity contribution is 5.66. The number of carboxylic acid groups (broad SMARTS) is 1. The van der Waals surface area contributed by atoms with Crippen molar-refractivity contribution in [3.05, 3.63) is 18.2 Å². The quantitative estimate of drug-likeness (QED) is 0.785. The fourth-order valence-electron chi connectivity index (χ4n) is 1.78. The third kappa shape index (κ3) is 2.82. The number of rotatable bonds is 6. The van der Waals surface area contributed by atoms with Crippen molar-refractivity contribution in [1.82, 2.24) is 14.5 Å². The zero-order valence-corrected chi connectivity index (χ0v) is 9.46. The highest BCUT2D eigenvalue weighted by atomic mass is 16.4. The second-order valence-electron chi connectivity index (χ2n) is 4.40. The third-order valence-electron chi connectivity index (χ3n) is 2.83. The SMILES string of the molecule is CN(CCC(=O)O)Cc1cncn1C1CC1. The van der Waals surface area contributed by atoms with Gasteiger partial charge in [-0.15, -0.1) is 0 Å². The van der Waals surface area contributed by atoms with E-state index >= 15 is 0 Å². The average Bonchev–Trinajstić information content (AvgIpc) is 2.97. The lowest BCUT2D eigenvalue weighted by Gasteiger charge is -2.16. The van der Waals surface area contributed by atoms with E-state index in [1.54, 1.807) is 0 Å². The number of hydrogen-bond donors (Lipinski definition) is 1. The summed E-state index contributed by atoms with van der Waals surface area (Å²) in [7, 11) is 1.94. The molecule has 1 aliphatic rings. The Labute approximate surface area is 94.7 Å². The molecular weight excluding hydrogens is 206 g/mol. The first kappa shape index (κ1) is 11.1. The van der Waals surface area contributed by atoms with E-state index in [1.807, 2.05) is 24.5 Å². The van der Waals surface area contributed by atoms with Crippen LogP contribution in [0.2, 0.25) is 0 Å². The van der Waals surface area contributed by atoms with Crippen LogP contribution < -0.4 is 0 Å². The van der Waals surface area contributed by atoms with Crippen molar-refractivity contribution in [1.29, 1.82) is 0 Å². The van der Waals surface area contributed by atoms with Crippen molar-refractivity contribution in [3.8, 4) is 0 Å². The van der Waals surface area contributed by atoms with Crippen molar-refractivity contribution >= 4 is 5.97 Å². The number of carboxylic acids is 1. The molecule has 1 aromatic heterocycles. The van der Waals surface area contributed by atoms with Crippen molar-refractivity contribution in [2.24, 2.45) is 0 Å². The largest absolute Gasteiger partial charge is 0.481 e. The number of nitrogens with zero attached hydrogens (tertiary/aromatic N) is 3. The van der Waals surface area contributed by atoms with Crippen LogP contribution in [0.15, 0.2) is 12.5 Å². The van der Waals surface area contributed by atoms with Crippen molar-refractivity contribution < 1.29 is 9.90 Å². The van der Waals surface area contributed by atoms with Crippen LogP contribution in [0.4, 0.5) is 0 Å². The van der Waals surface area contributed by atoms with Crippen LogP contribution in [0.25, 0.3) is 0 Å². The van der Waals surface area contributed by atoms with E-state index in [1.165, 1.54) is 18.5 Å². The molecule has 1 saturated carbocycles. The summed E-state index contributed by atoms with van der Waals surface area (Å²) in [5, 5.41) is 8.60. The molecule has 0 aromatic carbocycles. The van der Waals surface area contributed by atoms with Crippen LogP contribution in [0.3, 0.4) is 0 Å². The summed E-state index contributed by atoms with van der Waals surface area (Å²) < 4.78 is 2.21. The maximum Gasteiger partial charge on any atom is 0.304 e. The lowest BCUT2D eigenvalue weighted by Crippen LogP contribution is -2.22. The van der Waals surface area contributed by atoms with Crippen LogP contribution in [0.5, 0.6) is 0 Å². The molecular formula is C11H17N3O2. The summed E-state index contributed by atoms with van der Waals surface area (Å²) in [6.45, 7) is 1.34. The van der Waals surface area contributed by atoms with E-state index in [9.17, 15) is 4.79 Å². The van der Waals surface area contributed by atoms with Gasteiger partial charge in [-0.05, 0) is 19.9 Å². The molecule has 5 nitrogen and oxygen atoms in total. The summed E-state index contributed by atoms with van der Waals surface area (Å²) in [4.78, 5) is 16.6. The number of hydrogen-bond acceptors (Lipinski definition) is 3. The predicted molar refractivity (Wildman–Crippen MR) is 59.1 cm³/mol. The molecule has 1 aromatic rings. The summed E-state index contributed by atoms with van der Waals surface area (Å²) in [5.41, 5.74) is 1.18. The second-order valence-corrected chi connectivity index (χ2v) is 4.40. The van der Waals surface area contributed by atoms with Gasteiger partial charge in [0.1, 0.15) is 0 Å². The Balaban J connectivity index is 1.87. The minimum atomic E-state index is -0.748. The molecule has 88 valence electrons. The van der Waals surface area contributed by atoms with E-state index < -0.39 is 5.97 Å². The van der Waals surface area contributed by atoms with Crippen LogP contribution in [0.1, 0.15) is 31.0 Å².